The fourth-order valence-corrected chi connectivity index (χ4v) is 2.09. The van der Waals surface area contributed by atoms with Gasteiger partial charge < -0.3 is 0 Å². The summed E-state index contributed by atoms with van der Waals surface area (Å²) in [6.45, 7) is 0.119. The molecule has 2 aromatic carbocycles. The molecule has 0 aliphatic rings. The van der Waals surface area contributed by atoms with Crippen LogP contribution in [0, 0.1) is 0 Å². The lowest BCUT2D eigenvalue weighted by molar-refractivity contribution is 0.374. The third-order valence-corrected chi connectivity index (χ3v) is 3.18. The predicted octanol–water partition coefficient (Wildman–Crippen LogP) is 3.92. The lowest BCUT2D eigenvalue weighted by Crippen LogP contribution is -2.41. The van der Waals surface area contributed by atoms with Crippen molar-refractivity contribution in [1.29, 1.82) is 0 Å². The monoisotopic (exact) mass is 229 g/mol. The highest BCUT2D eigenvalue weighted by Crippen LogP contribution is 2.31. The Labute approximate surface area is 102 Å². The molecule has 0 aliphatic heterocycles. The molecule has 0 fully saturated rings. The topological polar surface area (TPSA) is 0 Å². The van der Waals surface area contributed by atoms with Gasteiger partial charge in [0.2, 0.25) is 0 Å². The molecule has 0 saturated carbocycles. The molecule has 0 N–H and O–H groups in total. The molecule has 0 aliphatic carbocycles. The number of quaternary nitrogens is 1. The van der Waals surface area contributed by atoms with Gasteiger partial charge in [0.1, 0.15) is 24.6 Å². The van der Waals surface area contributed by atoms with Gasteiger partial charge >= 0.3 is 0 Å². The Bertz CT molecular complexity index is 413. The van der Waals surface area contributed by atoms with Crippen LogP contribution in [0.3, 0.4) is 0 Å². The van der Waals surface area contributed by atoms with Crippen LogP contribution >= 0.6 is 0 Å². The SMILES string of the molecule is C[N+](CC[18F])(c1ccccc1)c1ccccc1. The average molecular weight is 229 g/mol. The van der Waals surface area contributed by atoms with E-state index in [-0.39, 0.29) is 6.67 Å². The number of nitrogens with zero attached hydrogens (tertiary/aromatic N) is 1. The first kappa shape index (κ1) is 11.8. The molecule has 0 atom stereocenters. The third-order valence-electron chi connectivity index (χ3n) is 3.18. The summed E-state index contributed by atoms with van der Waals surface area (Å²) in [4.78, 5) is 0. The normalized spacial score (nSPS) is 11.4. The Hall–Kier alpha value is -1.67. The Kier molecular flexibility index (Phi) is 3.55. The van der Waals surface area contributed by atoms with Crippen LogP contribution in [-0.2, 0) is 0 Å². The minimum Gasteiger partial charge on any atom is -0.259 e. The summed E-state index contributed by atoms with van der Waals surface area (Å²) in [5.74, 6) is 0. The van der Waals surface area contributed by atoms with E-state index in [4.69, 9.17) is 0 Å². The second-order valence-electron chi connectivity index (χ2n) is 4.28. The Morgan fingerprint density at radius 2 is 1.24 bits per heavy atom. The van der Waals surface area contributed by atoms with Gasteiger partial charge in [-0.05, 0) is 24.3 Å². The zero-order valence-electron chi connectivity index (χ0n) is 10.0. The van der Waals surface area contributed by atoms with Crippen LogP contribution in [-0.4, -0.2) is 20.3 Å². The van der Waals surface area contributed by atoms with Crippen molar-refractivity contribution in [3.8, 4) is 0 Å². The summed E-state index contributed by atoms with van der Waals surface area (Å²) in [6, 6.07) is 20.1. The fraction of sp³-hybridized carbons (Fsp3) is 0.200. The number of halogens is 1. The van der Waals surface area contributed by atoms with E-state index in [1.54, 1.807) is 0 Å². The van der Waals surface area contributed by atoms with E-state index in [0.717, 1.165) is 11.4 Å². The molecular weight excluding hydrogens is 212 g/mol. The maximum Gasteiger partial charge on any atom is 0.139 e. The fourth-order valence-electron chi connectivity index (χ4n) is 2.09. The van der Waals surface area contributed by atoms with Crippen molar-refractivity contribution in [2.45, 2.75) is 0 Å². The molecule has 0 amide bonds. The summed E-state index contributed by atoms with van der Waals surface area (Å²) < 4.78 is 13.3. The Morgan fingerprint density at radius 1 is 0.824 bits per heavy atom. The van der Waals surface area contributed by atoms with Crippen molar-refractivity contribution in [2.24, 2.45) is 0 Å². The van der Waals surface area contributed by atoms with Gasteiger partial charge in [0.15, 0.2) is 0 Å². The van der Waals surface area contributed by atoms with E-state index in [9.17, 15) is 4.39 Å². The molecule has 2 aromatic rings. The lowest BCUT2D eigenvalue weighted by Gasteiger charge is -2.32. The maximum absolute atomic E-state index is 12.8. The van der Waals surface area contributed by atoms with E-state index in [2.05, 4.69) is 0 Å². The third kappa shape index (κ3) is 2.37. The van der Waals surface area contributed by atoms with Crippen molar-refractivity contribution in [2.75, 3.05) is 20.3 Å². The van der Waals surface area contributed by atoms with Gasteiger partial charge in [-0.2, -0.15) is 0 Å². The molecule has 0 aromatic heterocycles. The molecular formula is C15H17FN+. The van der Waals surface area contributed by atoms with E-state index in [1.165, 1.54) is 0 Å². The quantitative estimate of drug-likeness (QED) is 0.697. The van der Waals surface area contributed by atoms with Crippen molar-refractivity contribution in [3.05, 3.63) is 60.7 Å². The Balaban J connectivity index is 2.47. The smallest absolute Gasteiger partial charge is 0.139 e. The summed E-state index contributed by atoms with van der Waals surface area (Å²) in [7, 11) is 2.05. The molecule has 0 bridgehead atoms. The maximum atomic E-state index is 12.8. The standard InChI is InChI=1S/C15H17FN/c1-17(13-12-16,14-8-4-2-5-9-14)15-10-6-3-7-11-15/h2-11H,12-13H2,1H3/q+1/i16-1. The number of benzene rings is 2. The van der Waals surface area contributed by atoms with Crippen LogP contribution in [0.4, 0.5) is 15.8 Å². The summed E-state index contributed by atoms with van der Waals surface area (Å²) in [5.41, 5.74) is 2.22. The van der Waals surface area contributed by atoms with Gasteiger partial charge in [-0.3, -0.25) is 4.48 Å². The van der Waals surface area contributed by atoms with Gasteiger partial charge in [0.05, 0.1) is 7.05 Å². The Morgan fingerprint density at radius 3 is 1.59 bits per heavy atom. The predicted molar refractivity (Wildman–Crippen MR) is 71.1 cm³/mol. The number of rotatable bonds is 4. The molecule has 0 heterocycles. The van der Waals surface area contributed by atoms with Gasteiger partial charge in [0, 0.05) is 0 Å². The van der Waals surface area contributed by atoms with Crippen LogP contribution in [0.1, 0.15) is 0 Å². The average Bonchev–Trinajstić information content (AvgIpc) is 2.41. The highest BCUT2D eigenvalue weighted by Gasteiger charge is 2.27. The van der Waals surface area contributed by atoms with Gasteiger partial charge in [-0.15, -0.1) is 0 Å². The second-order valence-corrected chi connectivity index (χ2v) is 4.28. The highest BCUT2D eigenvalue weighted by atomic mass is 18.2. The van der Waals surface area contributed by atoms with Gasteiger partial charge in [0.25, 0.3) is 0 Å². The first-order valence-electron chi connectivity index (χ1n) is 5.80. The number of hydrogen-bond donors (Lipinski definition) is 0. The summed E-state index contributed by atoms with van der Waals surface area (Å²) in [6.07, 6.45) is 0. The van der Waals surface area contributed by atoms with Gasteiger partial charge in [-0.25, -0.2) is 4.39 Å². The second kappa shape index (κ2) is 5.11. The van der Waals surface area contributed by atoms with Crippen LogP contribution in [0.15, 0.2) is 60.7 Å². The minimum absolute atomic E-state index is 0.333. The van der Waals surface area contributed by atoms with Crippen molar-refractivity contribution < 1.29 is 4.39 Å². The van der Waals surface area contributed by atoms with Crippen molar-refractivity contribution >= 4 is 11.4 Å². The molecule has 0 saturated heterocycles. The van der Waals surface area contributed by atoms with E-state index < -0.39 is 0 Å². The largest absolute Gasteiger partial charge is 0.259 e. The molecule has 88 valence electrons. The zero-order chi connectivity index (χ0) is 12.1. The van der Waals surface area contributed by atoms with Crippen molar-refractivity contribution in [1.82, 2.24) is 4.48 Å². The van der Waals surface area contributed by atoms with Crippen molar-refractivity contribution in [3.63, 3.8) is 0 Å². The number of alkyl halides is 1. The summed E-state index contributed by atoms with van der Waals surface area (Å²) >= 11 is 0. The zero-order valence-corrected chi connectivity index (χ0v) is 10.0. The number of hydrogen-bond acceptors (Lipinski definition) is 0. The summed E-state index contributed by atoms with van der Waals surface area (Å²) in [5, 5.41) is 0. The lowest BCUT2D eigenvalue weighted by atomic mass is 10.2. The molecule has 2 heteroatoms. The molecule has 0 unspecified atom stereocenters. The number of para-hydroxylation sites is 2. The highest BCUT2D eigenvalue weighted by molar-refractivity contribution is 5.57. The van der Waals surface area contributed by atoms with Gasteiger partial charge in [-0.1, -0.05) is 36.4 Å². The first-order valence-corrected chi connectivity index (χ1v) is 5.80. The molecule has 1 nitrogen and oxygen atoms in total. The molecule has 0 spiro atoms. The minimum atomic E-state index is -0.333. The van der Waals surface area contributed by atoms with E-state index in [1.807, 2.05) is 67.7 Å². The van der Waals surface area contributed by atoms with Crippen LogP contribution in [0.5, 0.6) is 0 Å². The van der Waals surface area contributed by atoms with E-state index >= 15 is 0 Å². The van der Waals surface area contributed by atoms with Crippen LogP contribution in [0.25, 0.3) is 0 Å². The van der Waals surface area contributed by atoms with Crippen LogP contribution in [0.2, 0.25) is 0 Å². The molecule has 17 heavy (non-hydrogen) atoms. The molecule has 0 radical (unpaired) electrons. The molecule has 2 rings (SSSR count). The first-order chi connectivity index (χ1) is 8.27. The van der Waals surface area contributed by atoms with E-state index in [0.29, 0.717) is 11.0 Å². The van der Waals surface area contributed by atoms with Crippen LogP contribution < -0.4 is 4.48 Å².